The van der Waals surface area contributed by atoms with E-state index in [2.05, 4.69) is 41.5 Å². The lowest BCUT2D eigenvalue weighted by molar-refractivity contribution is 0.285. The average Bonchev–Trinajstić information content (AvgIpc) is 2.27. The van der Waals surface area contributed by atoms with Crippen molar-refractivity contribution in [3.8, 4) is 5.75 Å². The van der Waals surface area contributed by atoms with Crippen LogP contribution in [0.25, 0.3) is 0 Å². The Balaban J connectivity index is 3.24. The predicted octanol–water partition coefficient (Wildman–Crippen LogP) is 3.93. The summed E-state index contributed by atoms with van der Waals surface area (Å²) >= 11 is 0. The highest BCUT2D eigenvalue weighted by Gasteiger charge is 2.26. The van der Waals surface area contributed by atoms with E-state index in [1.807, 2.05) is 12.1 Å². The predicted molar refractivity (Wildman–Crippen MR) is 86.4 cm³/mol. The largest absolute Gasteiger partial charge is 0.507 e. The Morgan fingerprint density at radius 3 is 1.81 bits per heavy atom. The number of benzene rings is 1. The molecule has 1 aromatic rings. The SMILES string of the molecule is CC(C)(C)c1cc(CCO[PH](=O)O)cc(C(C)(C)C)c1O. The Hall–Kier alpha value is -0.830. The molecule has 0 spiro atoms. The van der Waals surface area contributed by atoms with Gasteiger partial charge in [-0.3, -0.25) is 4.57 Å². The molecule has 0 aromatic heterocycles. The second kappa shape index (κ2) is 6.51. The van der Waals surface area contributed by atoms with Gasteiger partial charge in [0, 0.05) is 0 Å². The lowest BCUT2D eigenvalue weighted by Crippen LogP contribution is -2.18. The van der Waals surface area contributed by atoms with E-state index >= 15 is 0 Å². The summed E-state index contributed by atoms with van der Waals surface area (Å²) in [6, 6.07) is 3.92. The normalized spacial score (nSPS) is 14.2. The van der Waals surface area contributed by atoms with Crippen molar-refractivity contribution < 1.29 is 19.1 Å². The molecule has 1 unspecified atom stereocenters. The molecule has 0 aliphatic heterocycles. The van der Waals surface area contributed by atoms with Gasteiger partial charge in [0.15, 0.2) is 0 Å². The maximum absolute atomic E-state index is 10.6. The fourth-order valence-corrected chi connectivity index (χ4v) is 2.51. The van der Waals surface area contributed by atoms with E-state index in [4.69, 9.17) is 9.42 Å². The van der Waals surface area contributed by atoms with Gasteiger partial charge < -0.3 is 14.5 Å². The molecule has 0 heterocycles. The molecule has 0 saturated heterocycles. The van der Waals surface area contributed by atoms with E-state index in [1.165, 1.54) is 0 Å². The van der Waals surface area contributed by atoms with Gasteiger partial charge in [0.05, 0.1) is 6.61 Å². The third-order valence-electron chi connectivity index (χ3n) is 3.40. The summed E-state index contributed by atoms with van der Waals surface area (Å²) in [4.78, 5) is 8.73. The van der Waals surface area contributed by atoms with Crippen molar-refractivity contribution in [1.82, 2.24) is 0 Å². The highest BCUT2D eigenvalue weighted by atomic mass is 31.1. The van der Waals surface area contributed by atoms with Gasteiger partial charge in [-0.25, -0.2) is 0 Å². The van der Waals surface area contributed by atoms with E-state index in [0.29, 0.717) is 12.2 Å². The molecule has 2 N–H and O–H groups in total. The zero-order chi connectivity index (χ0) is 16.4. The summed E-state index contributed by atoms with van der Waals surface area (Å²) in [6.07, 6.45) is 0.545. The van der Waals surface area contributed by atoms with Crippen LogP contribution in [-0.4, -0.2) is 16.6 Å². The van der Waals surface area contributed by atoms with Gasteiger partial charge in [-0.05, 0) is 33.9 Å². The van der Waals surface area contributed by atoms with Crippen LogP contribution < -0.4 is 0 Å². The fraction of sp³-hybridized carbons (Fsp3) is 0.625. The minimum absolute atomic E-state index is 0.175. The Morgan fingerprint density at radius 1 is 1.05 bits per heavy atom. The molecule has 0 amide bonds. The van der Waals surface area contributed by atoms with Crippen molar-refractivity contribution in [2.24, 2.45) is 0 Å². The van der Waals surface area contributed by atoms with Crippen molar-refractivity contribution in [2.75, 3.05) is 6.61 Å². The van der Waals surface area contributed by atoms with Gasteiger partial charge in [0.25, 0.3) is 0 Å². The third-order valence-corrected chi connectivity index (χ3v) is 3.85. The van der Waals surface area contributed by atoms with Gasteiger partial charge >= 0.3 is 8.25 Å². The molecule has 1 aromatic carbocycles. The highest BCUT2D eigenvalue weighted by Crippen LogP contribution is 2.39. The maximum atomic E-state index is 10.6. The first-order valence-electron chi connectivity index (χ1n) is 7.15. The second-order valence-corrected chi connectivity index (χ2v) is 8.22. The van der Waals surface area contributed by atoms with E-state index in [9.17, 15) is 9.67 Å². The Bertz CT molecular complexity index is 489. The van der Waals surface area contributed by atoms with Gasteiger partial charge in [-0.2, -0.15) is 0 Å². The Morgan fingerprint density at radius 2 is 1.48 bits per heavy atom. The Labute approximate surface area is 128 Å². The van der Waals surface area contributed by atoms with Crippen molar-refractivity contribution >= 4 is 8.25 Å². The van der Waals surface area contributed by atoms with Gasteiger partial charge in [-0.15, -0.1) is 0 Å². The van der Waals surface area contributed by atoms with Crippen molar-refractivity contribution in [1.29, 1.82) is 0 Å². The summed E-state index contributed by atoms with van der Waals surface area (Å²) in [6.45, 7) is 12.5. The second-order valence-electron chi connectivity index (χ2n) is 7.40. The topological polar surface area (TPSA) is 66.8 Å². The molecule has 0 fully saturated rings. The number of hydrogen-bond acceptors (Lipinski definition) is 3. The zero-order valence-electron chi connectivity index (χ0n) is 13.8. The van der Waals surface area contributed by atoms with Gasteiger partial charge in [0.1, 0.15) is 5.75 Å². The van der Waals surface area contributed by atoms with Gasteiger partial charge in [0.2, 0.25) is 0 Å². The molecule has 4 nitrogen and oxygen atoms in total. The van der Waals surface area contributed by atoms with E-state index < -0.39 is 8.25 Å². The van der Waals surface area contributed by atoms with Crippen LogP contribution in [0.15, 0.2) is 12.1 Å². The van der Waals surface area contributed by atoms with E-state index in [1.54, 1.807) is 0 Å². The number of phenolic OH excluding ortho intramolecular Hbond substituents is 1. The highest BCUT2D eigenvalue weighted by molar-refractivity contribution is 7.32. The van der Waals surface area contributed by atoms with E-state index in [-0.39, 0.29) is 17.4 Å². The van der Waals surface area contributed by atoms with Crippen molar-refractivity contribution in [3.05, 3.63) is 28.8 Å². The third kappa shape index (κ3) is 5.14. The summed E-state index contributed by atoms with van der Waals surface area (Å²) in [7, 11) is -2.89. The standard InChI is InChI=1S/C16H27O4P/c1-15(2,3)12-9-11(7-8-20-21(18)19)10-13(14(12)17)16(4,5)6/h9-10,17,21H,7-8H2,1-6H3,(H,18,19). The maximum Gasteiger partial charge on any atom is 0.316 e. The van der Waals surface area contributed by atoms with E-state index in [0.717, 1.165) is 16.7 Å². The number of rotatable bonds is 4. The summed E-state index contributed by atoms with van der Waals surface area (Å²) in [5.41, 5.74) is 2.44. The molecular weight excluding hydrogens is 287 g/mol. The van der Waals surface area contributed by atoms with Crippen LogP contribution in [0.5, 0.6) is 5.75 Å². The lowest BCUT2D eigenvalue weighted by atomic mass is 9.78. The molecule has 0 radical (unpaired) electrons. The van der Waals surface area contributed by atoms with Crippen LogP contribution in [0.3, 0.4) is 0 Å². The van der Waals surface area contributed by atoms with Crippen molar-refractivity contribution in [2.45, 2.75) is 58.8 Å². The lowest BCUT2D eigenvalue weighted by Gasteiger charge is -2.28. The number of hydrogen-bond donors (Lipinski definition) is 2. The van der Waals surface area contributed by atoms with Crippen molar-refractivity contribution in [3.63, 3.8) is 0 Å². The van der Waals surface area contributed by atoms with Crippen LogP contribution in [0.2, 0.25) is 0 Å². The van der Waals surface area contributed by atoms with Gasteiger partial charge in [-0.1, -0.05) is 53.7 Å². The average molecular weight is 314 g/mol. The number of aromatic hydroxyl groups is 1. The van der Waals surface area contributed by atoms with Crippen LogP contribution in [0.4, 0.5) is 0 Å². The van der Waals surface area contributed by atoms with Crippen LogP contribution in [0, 0.1) is 0 Å². The monoisotopic (exact) mass is 314 g/mol. The first kappa shape index (κ1) is 18.2. The van der Waals surface area contributed by atoms with Crippen LogP contribution in [-0.2, 0) is 26.3 Å². The van der Waals surface area contributed by atoms with Crippen LogP contribution >= 0.6 is 8.25 Å². The quantitative estimate of drug-likeness (QED) is 0.826. The zero-order valence-corrected chi connectivity index (χ0v) is 14.8. The molecule has 1 rings (SSSR count). The molecule has 0 aliphatic rings. The first-order chi connectivity index (χ1) is 9.43. The fourth-order valence-electron chi connectivity index (χ4n) is 2.24. The molecule has 0 aliphatic carbocycles. The molecule has 1 atom stereocenters. The summed E-state index contributed by atoms with van der Waals surface area (Å²) in [5.74, 6) is 0.343. The molecule has 21 heavy (non-hydrogen) atoms. The minimum Gasteiger partial charge on any atom is -0.507 e. The molecular formula is C16H27O4P. The summed E-state index contributed by atoms with van der Waals surface area (Å²) in [5, 5.41) is 10.6. The molecule has 120 valence electrons. The first-order valence-corrected chi connectivity index (χ1v) is 8.42. The molecule has 5 heteroatoms. The Kier molecular flexibility index (Phi) is 5.65. The minimum atomic E-state index is -2.89. The van der Waals surface area contributed by atoms with Crippen LogP contribution in [0.1, 0.15) is 58.2 Å². The smallest absolute Gasteiger partial charge is 0.316 e. The summed E-state index contributed by atoms with van der Waals surface area (Å²) < 4.78 is 15.4. The molecule has 0 saturated carbocycles. The molecule has 0 bridgehead atoms. The number of phenols is 1.